The standard InChI is InChI=1S/C19H21NO3S2/c21-17(15-9-5-2-6-10-15)19-24-12-20(13-25-19)16(18(22)23)11-14-7-3-1-4-8-14/h1-10,16-17,19,21H,11-13H2,(H,22,23)/t16-,17?/m0/s1. The van der Waals surface area contributed by atoms with Crippen LogP contribution in [-0.4, -0.2) is 43.5 Å². The summed E-state index contributed by atoms with van der Waals surface area (Å²) in [5, 5.41) is 20.2. The van der Waals surface area contributed by atoms with Crippen LogP contribution in [0.4, 0.5) is 0 Å². The highest BCUT2D eigenvalue weighted by molar-refractivity contribution is 8.17. The minimum Gasteiger partial charge on any atom is -0.480 e. The Hall–Kier alpha value is -1.47. The van der Waals surface area contributed by atoms with E-state index in [2.05, 4.69) is 0 Å². The SMILES string of the molecule is O=C(O)[C@H](Cc1ccccc1)N1CSC(C(O)c2ccccc2)SC1. The van der Waals surface area contributed by atoms with Gasteiger partial charge in [0.25, 0.3) is 0 Å². The second-order valence-electron chi connectivity index (χ2n) is 5.95. The molecule has 25 heavy (non-hydrogen) atoms. The number of aliphatic hydroxyl groups is 1. The zero-order chi connectivity index (χ0) is 17.6. The van der Waals surface area contributed by atoms with Crippen molar-refractivity contribution in [3.63, 3.8) is 0 Å². The van der Waals surface area contributed by atoms with Crippen LogP contribution in [-0.2, 0) is 11.2 Å². The Balaban J connectivity index is 1.60. The molecule has 2 N–H and O–H groups in total. The van der Waals surface area contributed by atoms with Crippen LogP contribution >= 0.6 is 23.5 Å². The Kier molecular flexibility index (Phi) is 6.42. The van der Waals surface area contributed by atoms with Crippen molar-refractivity contribution >= 4 is 29.5 Å². The predicted octanol–water partition coefficient (Wildman–Crippen LogP) is 3.44. The van der Waals surface area contributed by atoms with Crippen LogP contribution in [0.25, 0.3) is 0 Å². The summed E-state index contributed by atoms with van der Waals surface area (Å²) in [5.41, 5.74) is 1.93. The van der Waals surface area contributed by atoms with Crippen molar-refractivity contribution in [3.8, 4) is 0 Å². The van der Waals surface area contributed by atoms with Crippen LogP contribution in [0.5, 0.6) is 0 Å². The molecule has 2 atom stereocenters. The zero-order valence-electron chi connectivity index (χ0n) is 13.7. The highest BCUT2D eigenvalue weighted by Crippen LogP contribution is 2.40. The zero-order valence-corrected chi connectivity index (χ0v) is 15.3. The first-order valence-electron chi connectivity index (χ1n) is 8.12. The number of carboxylic acid groups (broad SMARTS) is 1. The average molecular weight is 376 g/mol. The summed E-state index contributed by atoms with van der Waals surface area (Å²) in [5.74, 6) is 0.406. The fourth-order valence-corrected chi connectivity index (χ4v) is 5.57. The Morgan fingerprint density at radius 1 is 1.04 bits per heavy atom. The number of aliphatic carboxylic acids is 1. The van der Waals surface area contributed by atoms with Gasteiger partial charge in [0, 0.05) is 11.8 Å². The van der Waals surface area contributed by atoms with E-state index in [0.29, 0.717) is 18.2 Å². The molecule has 2 aromatic carbocycles. The van der Waals surface area contributed by atoms with Crippen molar-refractivity contribution in [3.05, 3.63) is 71.8 Å². The minimum atomic E-state index is -0.799. The van der Waals surface area contributed by atoms with Crippen molar-refractivity contribution < 1.29 is 15.0 Å². The van der Waals surface area contributed by atoms with E-state index in [4.69, 9.17) is 0 Å². The number of hydrogen-bond acceptors (Lipinski definition) is 5. The lowest BCUT2D eigenvalue weighted by Gasteiger charge is -2.36. The Morgan fingerprint density at radius 2 is 1.60 bits per heavy atom. The van der Waals surface area contributed by atoms with Crippen LogP contribution in [0, 0.1) is 0 Å². The van der Waals surface area contributed by atoms with Crippen LogP contribution in [0.3, 0.4) is 0 Å². The van der Waals surface area contributed by atoms with Gasteiger partial charge in [-0.25, -0.2) is 0 Å². The molecule has 4 nitrogen and oxygen atoms in total. The maximum absolute atomic E-state index is 11.7. The molecule has 1 aliphatic rings. The second kappa shape index (κ2) is 8.76. The first kappa shape index (κ1) is 18.3. The van der Waals surface area contributed by atoms with E-state index in [1.54, 1.807) is 23.5 Å². The molecule has 0 aromatic heterocycles. The Bertz CT molecular complexity index is 676. The van der Waals surface area contributed by atoms with Gasteiger partial charge >= 0.3 is 5.97 Å². The molecule has 0 bridgehead atoms. The number of rotatable bonds is 6. The Labute approximate surface area is 156 Å². The first-order valence-corrected chi connectivity index (χ1v) is 10.2. The number of aliphatic hydroxyl groups excluding tert-OH is 1. The first-order chi connectivity index (χ1) is 12.1. The fraction of sp³-hybridized carbons (Fsp3) is 0.316. The molecule has 0 aliphatic carbocycles. The summed E-state index contributed by atoms with van der Waals surface area (Å²) < 4.78 is 0.0184. The molecule has 0 amide bonds. The van der Waals surface area contributed by atoms with Crippen molar-refractivity contribution in [2.75, 3.05) is 11.8 Å². The van der Waals surface area contributed by atoms with Gasteiger partial charge in [0.2, 0.25) is 0 Å². The summed E-state index contributed by atoms with van der Waals surface area (Å²) in [6, 6.07) is 18.8. The van der Waals surface area contributed by atoms with Gasteiger partial charge in [-0.15, -0.1) is 23.5 Å². The lowest BCUT2D eigenvalue weighted by atomic mass is 10.1. The number of benzene rings is 2. The van der Waals surface area contributed by atoms with Crippen LogP contribution in [0.2, 0.25) is 0 Å². The molecular weight excluding hydrogens is 354 g/mol. The van der Waals surface area contributed by atoms with Crippen LogP contribution in [0.15, 0.2) is 60.7 Å². The topological polar surface area (TPSA) is 60.8 Å². The lowest BCUT2D eigenvalue weighted by molar-refractivity contribution is -0.142. The molecule has 0 saturated carbocycles. The van der Waals surface area contributed by atoms with E-state index >= 15 is 0 Å². The predicted molar refractivity (Wildman–Crippen MR) is 104 cm³/mol. The summed E-state index contributed by atoms with van der Waals surface area (Å²) in [4.78, 5) is 13.7. The largest absolute Gasteiger partial charge is 0.480 e. The third-order valence-electron chi connectivity index (χ3n) is 4.21. The van der Waals surface area contributed by atoms with E-state index < -0.39 is 18.1 Å². The van der Waals surface area contributed by atoms with E-state index in [9.17, 15) is 15.0 Å². The second-order valence-corrected chi connectivity index (χ2v) is 8.45. The molecule has 1 heterocycles. The maximum Gasteiger partial charge on any atom is 0.321 e. The van der Waals surface area contributed by atoms with Gasteiger partial charge in [0.15, 0.2) is 0 Å². The third kappa shape index (κ3) is 4.79. The third-order valence-corrected chi connectivity index (χ3v) is 7.16. The highest BCUT2D eigenvalue weighted by atomic mass is 32.2. The van der Waals surface area contributed by atoms with Gasteiger partial charge < -0.3 is 10.2 Å². The average Bonchev–Trinajstić information content (AvgIpc) is 2.67. The summed E-state index contributed by atoms with van der Waals surface area (Å²) in [6.07, 6.45) is -0.0563. The van der Waals surface area contributed by atoms with Gasteiger partial charge in [-0.1, -0.05) is 60.7 Å². The number of carboxylic acids is 1. The van der Waals surface area contributed by atoms with Gasteiger partial charge in [-0.3, -0.25) is 9.69 Å². The molecule has 6 heteroatoms. The molecule has 1 unspecified atom stereocenters. The molecule has 0 radical (unpaired) electrons. The number of carbonyl (C=O) groups is 1. The fourth-order valence-electron chi connectivity index (χ4n) is 2.80. The van der Waals surface area contributed by atoms with Gasteiger partial charge in [-0.2, -0.15) is 0 Å². The monoisotopic (exact) mass is 375 g/mol. The minimum absolute atomic E-state index is 0.0184. The van der Waals surface area contributed by atoms with Crippen molar-refractivity contribution in [1.29, 1.82) is 0 Å². The molecule has 3 rings (SSSR count). The lowest BCUT2D eigenvalue weighted by Crippen LogP contribution is -2.45. The maximum atomic E-state index is 11.7. The van der Waals surface area contributed by atoms with Crippen molar-refractivity contribution in [2.45, 2.75) is 23.1 Å². The number of nitrogens with zero attached hydrogens (tertiary/aromatic N) is 1. The molecular formula is C19H21NO3S2. The molecule has 1 saturated heterocycles. The normalized spacial score (nSPS) is 18.6. The van der Waals surface area contributed by atoms with Crippen LogP contribution in [0.1, 0.15) is 17.2 Å². The van der Waals surface area contributed by atoms with E-state index in [0.717, 1.165) is 11.1 Å². The molecule has 0 spiro atoms. The van der Waals surface area contributed by atoms with Crippen LogP contribution < -0.4 is 0 Å². The molecule has 1 aliphatic heterocycles. The quantitative estimate of drug-likeness (QED) is 0.807. The molecule has 132 valence electrons. The Morgan fingerprint density at radius 3 is 2.16 bits per heavy atom. The van der Waals surface area contributed by atoms with Gasteiger partial charge in [-0.05, 0) is 17.5 Å². The smallest absolute Gasteiger partial charge is 0.321 e. The highest BCUT2D eigenvalue weighted by Gasteiger charge is 2.33. The molecule has 2 aromatic rings. The van der Waals surface area contributed by atoms with E-state index in [1.165, 1.54) is 0 Å². The summed E-state index contributed by atoms with van der Waals surface area (Å²) >= 11 is 3.21. The van der Waals surface area contributed by atoms with E-state index in [1.807, 2.05) is 65.6 Å². The molecule has 1 fully saturated rings. The summed E-state index contributed by atoms with van der Waals surface area (Å²) in [7, 11) is 0. The number of hydrogen-bond donors (Lipinski definition) is 2. The van der Waals surface area contributed by atoms with Crippen molar-refractivity contribution in [1.82, 2.24) is 4.90 Å². The van der Waals surface area contributed by atoms with E-state index in [-0.39, 0.29) is 4.58 Å². The number of thioether (sulfide) groups is 2. The summed E-state index contributed by atoms with van der Waals surface area (Å²) in [6.45, 7) is 0. The van der Waals surface area contributed by atoms with Gasteiger partial charge in [0.1, 0.15) is 12.1 Å². The van der Waals surface area contributed by atoms with Crippen molar-refractivity contribution in [2.24, 2.45) is 0 Å². The van der Waals surface area contributed by atoms with Gasteiger partial charge in [0.05, 0.1) is 4.58 Å².